The number of rotatable bonds is 2. The Balaban J connectivity index is 0.000000335. The lowest BCUT2D eigenvalue weighted by Gasteiger charge is -2.32. The zero-order chi connectivity index (χ0) is 16.4. The molecule has 0 aromatic rings. The van der Waals surface area contributed by atoms with Crippen LogP contribution in [0.3, 0.4) is 0 Å². The lowest BCUT2D eigenvalue weighted by molar-refractivity contribution is -0.108. The summed E-state index contributed by atoms with van der Waals surface area (Å²) in [5, 5.41) is 0. The van der Waals surface area contributed by atoms with Crippen molar-refractivity contribution in [1.82, 2.24) is 4.90 Å². The highest BCUT2D eigenvalue weighted by molar-refractivity contribution is 5.68. The minimum Gasteiger partial charge on any atom is -0.444 e. The van der Waals surface area contributed by atoms with Crippen LogP contribution in [0, 0.1) is 5.92 Å². The van der Waals surface area contributed by atoms with Crippen LogP contribution in [0.2, 0.25) is 0 Å². The Morgan fingerprint density at radius 1 is 1.05 bits per heavy atom. The first-order valence-corrected chi connectivity index (χ1v) is 8.84. The SMILES string of the molecule is C1CCCCC1.CC(C)(C)OC(=O)N1CCC(CC=O)CC1. The van der Waals surface area contributed by atoms with Crippen molar-refractivity contribution in [2.45, 2.75) is 84.2 Å². The van der Waals surface area contributed by atoms with Crippen molar-refractivity contribution < 1.29 is 14.3 Å². The van der Waals surface area contributed by atoms with Gasteiger partial charge in [0.1, 0.15) is 11.9 Å². The molecule has 22 heavy (non-hydrogen) atoms. The molecule has 1 saturated carbocycles. The molecular formula is C18H33NO3. The van der Waals surface area contributed by atoms with Crippen LogP contribution < -0.4 is 0 Å². The molecule has 0 unspecified atom stereocenters. The summed E-state index contributed by atoms with van der Waals surface area (Å²) in [6, 6.07) is 0. The summed E-state index contributed by atoms with van der Waals surface area (Å²) in [6.07, 6.45) is 12.1. The summed E-state index contributed by atoms with van der Waals surface area (Å²) in [7, 11) is 0. The largest absolute Gasteiger partial charge is 0.444 e. The van der Waals surface area contributed by atoms with Crippen LogP contribution in [0.25, 0.3) is 0 Å². The highest BCUT2D eigenvalue weighted by Crippen LogP contribution is 2.21. The lowest BCUT2D eigenvalue weighted by Crippen LogP contribution is -2.41. The lowest BCUT2D eigenvalue weighted by atomic mass is 9.94. The first-order valence-electron chi connectivity index (χ1n) is 8.84. The third-order valence-corrected chi connectivity index (χ3v) is 4.20. The number of ether oxygens (including phenoxy) is 1. The van der Waals surface area contributed by atoms with Crippen LogP contribution in [0.15, 0.2) is 0 Å². The first-order chi connectivity index (χ1) is 10.4. The van der Waals surface area contributed by atoms with Gasteiger partial charge in [-0.1, -0.05) is 38.5 Å². The van der Waals surface area contributed by atoms with Gasteiger partial charge in [0, 0.05) is 19.5 Å². The van der Waals surface area contributed by atoms with E-state index in [1.165, 1.54) is 38.5 Å². The summed E-state index contributed by atoms with van der Waals surface area (Å²) in [5.74, 6) is 0.441. The number of hydrogen-bond acceptors (Lipinski definition) is 3. The second-order valence-corrected chi connectivity index (χ2v) is 7.43. The minimum atomic E-state index is -0.434. The monoisotopic (exact) mass is 311 g/mol. The Bertz CT molecular complexity index is 312. The number of likely N-dealkylation sites (tertiary alicyclic amines) is 1. The number of carbonyl (C=O) groups is 2. The Labute approximate surface area is 135 Å². The van der Waals surface area contributed by atoms with Crippen LogP contribution in [0.1, 0.15) is 78.6 Å². The number of nitrogens with zero attached hydrogens (tertiary/aromatic N) is 1. The molecule has 0 radical (unpaired) electrons. The third-order valence-electron chi connectivity index (χ3n) is 4.20. The molecule has 1 heterocycles. The van der Waals surface area contributed by atoms with Gasteiger partial charge in [0.2, 0.25) is 0 Å². The van der Waals surface area contributed by atoms with Crippen molar-refractivity contribution in [1.29, 1.82) is 0 Å². The van der Waals surface area contributed by atoms with Crippen LogP contribution in [0.5, 0.6) is 0 Å². The van der Waals surface area contributed by atoms with E-state index in [4.69, 9.17) is 4.74 Å². The van der Waals surface area contributed by atoms with Crippen molar-refractivity contribution in [3.8, 4) is 0 Å². The molecule has 0 bridgehead atoms. The summed E-state index contributed by atoms with van der Waals surface area (Å²) in [5.41, 5.74) is -0.434. The number of carbonyl (C=O) groups excluding carboxylic acids is 2. The maximum absolute atomic E-state index is 11.7. The quantitative estimate of drug-likeness (QED) is 0.702. The van der Waals surface area contributed by atoms with E-state index in [1.54, 1.807) is 4.90 Å². The Morgan fingerprint density at radius 2 is 1.50 bits per heavy atom. The summed E-state index contributed by atoms with van der Waals surface area (Å²) in [4.78, 5) is 23.8. The molecule has 0 N–H and O–H groups in total. The van der Waals surface area contributed by atoms with Gasteiger partial charge in [-0.05, 0) is 39.5 Å². The van der Waals surface area contributed by atoms with Crippen LogP contribution >= 0.6 is 0 Å². The molecule has 4 heteroatoms. The molecule has 1 aliphatic heterocycles. The van der Waals surface area contributed by atoms with Crippen molar-refractivity contribution in [3.05, 3.63) is 0 Å². The zero-order valence-corrected chi connectivity index (χ0v) is 14.6. The minimum absolute atomic E-state index is 0.239. The van der Waals surface area contributed by atoms with Crippen LogP contribution in [0.4, 0.5) is 4.79 Å². The van der Waals surface area contributed by atoms with Gasteiger partial charge in [-0.25, -0.2) is 4.79 Å². The van der Waals surface area contributed by atoms with Gasteiger partial charge in [0.05, 0.1) is 0 Å². The topological polar surface area (TPSA) is 46.6 Å². The van der Waals surface area contributed by atoms with Crippen LogP contribution in [-0.4, -0.2) is 36.0 Å². The normalized spacial score (nSPS) is 19.9. The highest BCUT2D eigenvalue weighted by Gasteiger charge is 2.26. The third kappa shape index (κ3) is 8.40. The summed E-state index contributed by atoms with van der Waals surface area (Å²) < 4.78 is 5.29. The first kappa shape index (κ1) is 19.0. The van der Waals surface area contributed by atoms with E-state index in [1.807, 2.05) is 20.8 Å². The number of piperidine rings is 1. The fourth-order valence-electron chi connectivity index (χ4n) is 2.87. The van der Waals surface area contributed by atoms with E-state index >= 15 is 0 Å². The molecule has 2 aliphatic rings. The predicted octanol–water partition coefficient (Wildman–Crippen LogP) is 4.56. The average molecular weight is 311 g/mol. The van der Waals surface area contributed by atoms with E-state index < -0.39 is 5.60 Å². The van der Waals surface area contributed by atoms with Gasteiger partial charge < -0.3 is 14.4 Å². The molecule has 1 aliphatic carbocycles. The van der Waals surface area contributed by atoms with Crippen molar-refractivity contribution >= 4 is 12.4 Å². The highest BCUT2D eigenvalue weighted by atomic mass is 16.6. The van der Waals surface area contributed by atoms with Crippen LogP contribution in [-0.2, 0) is 9.53 Å². The standard InChI is InChI=1S/C12H21NO3.C6H12/c1-12(2,3)16-11(15)13-7-4-10(5-8-13)6-9-14;1-2-4-6-5-3-1/h9-10H,4-8H2,1-3H3;1-6H2. The molecule has 0 spiro atoms. The zero-order valence-electron chi connectivity index (χ0n) is 14.6. The number of amides is 1. The second-order valence-electron chi connectivity index (χ2n) is 7.43. The molecular weight excluding hydrogens is 278 g/mol. The van der Waals surface area contributed by atoms with Crippen molar-refractivity contribution in [2.75, 3.05) is 13.1 Å². The van der Waals surface area contributed by atoms with E-state index in [-0.39, 0.29) is 6.09 Å². The molecule has 0 aromatic carbocycles. The summed E-state index contributed by atoms with van der Waals surface area (Å²) in [6.45, 7) is 7.00. The molecule has 1 saturated heterocycles. The second kappa shape index (κ2) is 9.86. The van der Waals surface area contributed by atoms with E-state index in [0.717, 1.165) is 19.1 Å². The Hall–Kier alpha value is -1.06. The van der Waals surface area contributed by atoms with E-state index in [2.05, 4.69) is 0 Å². The van der Waals surface area contributed by atoms with Crippen molar-refractivity contribution in [2.24, 2.45) is 5.92 Å². The summed E-state index contributed by atoms with van der Waals surface area (Å²) >= 11 is 0. The molecule has 128 valence electrons. The van der Waals surface area contributed by atoms with Gasteiger partial charge >= 0.3 is 6.09 Å². The van der Waals surface area contributed by atoms with E-state index in [9.17, 15) is 9.59 Å². The van der Waals surface area contributed by atoms with Crippen molar-refractivity contribution in [3.63, 3.8) is 0 Å². The number of aldehydes is 1. The van der Waals surface area contributed by atoms with Gasteiger partial charge in [-0.2, -0.15) is 0 Å². The smallest absolute Gasteiger partial charge is 0.410 e. The van der Waals surface area contributed by atoms with Gasteiger partial charge in [0.15, 0.2) is 0 Å². The predicted molar refractivity (Wildman–Crippen MR) is 88.9 cm³/mol. The van der Waals surface area contributed by atoms with Gasteiger partial charge in [-0.15, -0.1) is 0 Å². The number of hydrogen-bond donors (Lipinski definition) is 0. The van der Waals surface area contributed by atoms with Gasteiger partial charge in [-0.3, -0.25) is 0 Å². The molecule has 4 nitrogen and oxygen atoms in total. The Kier molecular flexibility index (Phi) is 8.51. The Morgan fingerprint density at radius 3 is 1.86 bits per heavy atom. The molecule has 2 rings (SSSR count). The molecule has 0 atom stereocenters. The molecule has 2 fully saturated rings. The average Bonchev–Trinajstić information content (AvgIpc) is 2.49. The van der Waals surface area contributed by atoms with Gasteiger partial charge in [0.25, 0.3) is 0 Å². The molecule has 1 amide bonds. The molecule has 0 aromatic heterocycles. The van der Waals surface area contributed by atoms with E-state index in [0.29, 0.717) is 25.4 Å². The fourth-order valence-corrected chi connectivity index (χ4v) is 2.87. The maximum Gasteiger partial charge on any atom is 0.410 e. The maximum atomic E-state index is 11.7. The fraction of sp³-hybridized carbons (Fsp3) is 0.889.